The van der Waals surface area contributed by atoms with Gasteiger partial charge in [0.05, 0.1) is 60.4 Å². The second-order valence-corrected chi connectivity index (χ2v) is 21.9. The zero-order chi connectivity index (χ0) is 56.2. The first-order valence-corrected chi connectivity index (χ1v) is 27.4. The summed E-state index contributed by atoms with van der Waals surface area (Å²) in [4.78, 5) is 146. The number of amides is 7. The van der Waals surface area contributed by atoms with Gasteiger partial charge in [0.25, 0.3) is 0 Å². The summed E-state index contributed by atoms with van der Waals surface area (Å²) >= 11 is 1.02. The average molecular weight is 1090 g/mol. The molecule has 4 aliphatic heterocycles. The van der Waals surface area contributed by atoms with Crippen LogP contribution in [0.15, 0.2) is 17.2 Å². The molecule has 420 valence electrons. The van der Waals surface area contributed by atoms with Crippen molar-refractivity contribution in [3.63, 3.8) is 0 Å². The Hall–Kier alpha value is -6.55. The minimum absolute atomic E-state index is 0.0828. The van der Waals surface area contributed by atoms with Crippen LogP contribution in [0.2, 0.25) is 0 Å². The molecule has 0 saturated carbocycles. The average Bonchev–Trinajstić information content (AvgIpc) is 3.98. The fourth-order valence-corrected chi connectivity index (χ4v) is 11.8. The molecule has 10 atom stereocenters. The van der Waals surface area contributed by atoms with E-state index in [1.807, 2.05) is 4.90 Å². The van der Waals surface area contributed by atoms with Gasteiger partial charge in [-0.1, -0.05) is 27.2 Å². The second kappa shape index (κ2) is 27.2. The van der Waals surface area contributed by atoms with Crippen molar-refractivity contribution in [2.75, 3.05) is 50.0 Å². The third-order valence-electron chi connectivity index (χ3n) is 15.3. The number of phenols is 1. The number of phenolic OH excluding ortho intramolecular Hbond substituents is 1. The number of nitrogens with two attached hydrogens (primary N) is 1. The molecule has 2 fully saturated rings. The fourth-order valence-electron chi connectivity index (χ4n) is 10.7. The second-order valence-electron chi connectivity index (χ2n) is 20.9. The first-order valence-electron chi connectivity index (χ1n) is 26.4. The Morgan fingerprint density at radius 3 is 2.25 bits per heavy atom. The molecule has 0 radical (unpaired) electrons. The van der Waals surface area contributed by atoms with Crippen LogP contribution in [0.1, 0.15) is 97.0 Å². The number of aromatic nitrogens is 1. The van der Waals surface area contributed by atoms with Crippen molar-refractivity contribution in [1.82, 2.24) is 36.5 Å². The number of primary amides is 1. The van der Waals surface area contributed by atoms with Crippen molar-refractivity contribution in [3.05, 3.63) is 17.7 Å². The first kappa shape index (κ1) is 59.7. The maximum atomic E-state index is 14.9. The van der Waals surface area contributed by atoms with Gasteiger partial charge in [-0.05, 0) is 55.2 Å². The number of hydrogen-bond acceptors (Lipinski definition) is 16. The Kier molecular flexibility index (Phi) is 21.1. The van der Waals surface area contributed by atoms with Crippen molar-refractivity contribution < 1.29 is 68.4 Å². The van der Waals surface area contributed by atoms with Gasteiger partial charge < -0.3 is 67.5 Å². The number of carbonyl (C=O) groups excluding carboxylic acids is 10. The topological polar surface area (TPSA) is 360 Å². The number of carbonyl (C=O) groups is 10. The number of H-pyrrole nitrogens is 1. The molecule has 1 aromatic heterocycles. The highest BCUT2D eigenvalue weighted by Gasteiger charge is 2.45. The number of aromatic hydroxyl groups is 1. The summed E-state index contributed by atoms with van der Waals surface area (Å²) in [7, 11) is 0. The lowest BCUT2D eigenvalue weighted by atomic mass is 9.85. The predicted octanol–water partition coefficient (Wildman–Crippen LogP) is -0.775. The molecule has 0 spiro atoms. The van der Waals surface area contributed by atoms with E-state index >= 15 is 0 Å². The van der Waals surface area contributed by atoms with Gasteiger partial charge in [-0.25, -0.2) is 0 Å². The molecule has 7 amide bonds. The predicted molar refractivity (Wildman–Crippen MR) is 281 cm³/mol. The van der Waals surface area contributed by atoms with Crippen molar-refractivity contribution in [2.45, 2.75) is 139 Å². The van der Waals surface area contributed by atoms with Crippen LogP contribution in [-0.4, -0.2) is 170 Å². The lowest BCUT2D eigenvalue weighted by molar-refractivity contribution is -0.145. The molecule has 6 rings (SSSR count). The third-order valence-corrected chi connectivity index (χ3v) is 16.5. The smallest absolute Gasteiger partial charge is 0.243 e. The number of terminal acetylenes is 1. The minimum atomic E-state index is -1.63. The summed E-state index contributed by atoms with van der Waals surface area (Å²) < 4.78 is 0. The number of rotatable bonds is 13. The van der Waals surface area contributed by atoms with Crippen molar-refractivity contribution in [3.8, 4) is 18.1 Å². The molecule has 77 heavy (non-hydrogen) atoms. The Morgan fingerprint density at radius 1 is 0.896 bits per heavy atom. The van der Waals surface area contributed by atoms with Crippen LogP contribution in [0.3, 0.4) is 0 Å². The number of aromatic amines is 1. The number of ketones is 3. The van der Waals surface area contributed by atoms with Crippen molar-refractivity contribution in [1.29, 1.82) is 0 Å². The molecule has 23 nitrogen and oxygen atoms in total. The van der Waals surface area contributed by atoms with Gasteiger partial charge in [0, 0.05) is 87.6 Å². The van der Waals surface area contributed by atoms with Gasteiger partial charge >= 0.3 is 0 Å². The maximum Gasteiger partial charge on any atom is 0.243 e. The van der Waals surface area contributed by atoms with E-state index in [2.05, 4.69) is 37.5 Å². The lowest BCUT2D eigenvalue weighted by Crippen LogP contribution is -2.56. The Bertz CT molecular complexity index is 2610. The molecular weight excluding hydrogens is 1020 g/mol. The number of nitrogens with zero attached hydrogens (tertiary/aromatic N) is 2. The molecule has 12 N–H and O–H groups in total. The molecule has 5 heterocycles. The van der Waals surface area contributed by atoms with E-state index in [0.29, 0.717) is 85.2 Å². The quantitative estimate of drug-likeness (QED) is 0.0866. The summed E-state index contributed by atoms with van der Waals surface area (Å²) in [5, 5.41) is 57.3. The number of anilines is 1. The minimum Gasteiger partial charge on any atom is -0.506 e. The van der Waals surface area contributed by atoms with Gasteiger partial charge in [-0.15, -0.1) is 24.1 Å². The van der Waals surface area contributed by atoms with Crippen LogP contribution in [0.25, 0.3) is 10.9 Å². The molecule has 0 unspecified atom stereocenters. The van der Waals surface area contributed by atoms with E-state index in [0.717, 1.165) is 16.7 Å². The third kappa shape index (κ3) is 15.1. The number of hydrogen-bond donors (Lipinski definition) is 11. The van der Waals surface area contributed by atoms with Crippen LogP contribution in [0.4, 0.5) is 5.69 Å². The monoisotopic (exact) mass is 1090 g/mol. The molecule has 4 aliphatic rings. The number of benzene rings is 1. The largest absolute Gasteiger partial charge is 0.506 e. The van der Waals surface area contributed by atoms with E-state index in [9.17, 15) is 68.4 Å². The number of piperidine rings is 1. The summed E-state index contributed by atoms with van der Waals surface area (Å²) in [5.74, 6) is -9.85. The molecule has 2 aromatic rings. The lowest BCUT2D eigenvalue weighted by Gasteiger charge is -2.34. The number of nitrogens with one attached hydrogen (secondary N) is 6. The number of aliphatic hydroxyl groups excluding tert-OH is 3. The van der Waals surface area contributed by atoms with E-state index in [1.165, 1.54) is 13.0 Å². The van der Waals surface area contributed by atoms with E-state index in [4.69, 9.17) is 12.2 Å². The summed E-state index contributed by atoms with van der Waals surface area (Å²) in [6.45, 7) is 3.13. The highest BCUT2D eigenvalue weighted by atomic mass is 32.2. The zero-order valence-electron chi connectivity index (χ0n) is 43.8. The normalized spacial score (nSPS) is 26.3. The molecule has 1 aromatic carbocycles. The number of thioether (sulfide) groups is 1. The number of Topliss-reactive ketones (excluding diaryl/α,β-unsaturated/α-hetero) is 3. The molecular formula is C53H73N9O14S. The number of aliphatic hydroxyl groups is 3. The fraction of sp³-hybridized carbons (Fsp3) is 0.623. The Balaban J connectivity index is 1.52. The van der Waals surface area contributed by atoms with Gasteiger partial charge in [0.15, 0.2) is 11.6 Å². The Morgan fingerprint density at radius 2 is 1.58 bits per heavy atom. The van der Waals surface area contributed by atoms with Crippen LogP contribution in [-0.2, 0) is 54.4 Å². The maximum absolute atomic E-state index is 14.9. The standard InChI is InChI=1S/C53H73N9O14S/c1-5-7-8-9-32(64)16-29-12-14-61(15-13-29)48-38(66)11-10-34-35-17-30-18-40(68)46(28(4)41(69)25-63)59-50(74)37-21-33(65)24-62(37)53(76)31(20-42(54)70)19-39(67)36(26-77-52(35)60-47(34)48)57-43(71)22-56-51(75)45(27(3)6-2)58-44(72)23-55-49(30)73/h1,10-11,27-31,33,36-37,41,45-46,60,63,65-66,69H,6-9,12-26H2,2-4H3,(H2,54,70)(H,55,73)(H,56,75)(H,57,71)(H,58,72)(H,59,74)/t27-,28-,30-,31-,33+,36-,37-,41-,45-,46-/m0/s1. The molecule has 0 aliphatic carbocycles. The number of fused-ring (bicyclic) bond motifs is 5. The Labute approximate surface area is 450 Å². The molecule has 24 heteroatoms. The van der Waals surface area contributed by atoms with Gasteiger partial charge in [0.2, 0.25) is 41.4 Å². The van der Waals surface area contributed by atoms with Crippen molar-refractivity contribution in [2.24, 2.45) is 35.3 Å². The van der Waals surface area contributed by atoms with Crippen LogP contribution >= 0.6 is 11.8 Å². The van der Waals surface area contributed by atoms with Gasteiger partial charge in [-0.3, -0.25) is 47.9 Å². The van der Waals surface area contributed by atoms with E-state index in [1.54, 1.807) is 19.9 Å². The van der Waals surface area contributed by atoms with Gasteiger partial charge in [0.1, 0.15) is 29.3 Å². The summed E-state index contributed by atoms with van der Waals surface area (Å²) in [6.07, 6.45) is 3.33. The highest BCUT2D eigenvalue weighted by molar-refractivity contribution is 7.99. The van der Waals surface area contributed by atoms with Gasteiger partial charge in [-0.2, -0.15) is 0 Å². The first-order chi connectivity index (χ1) is 36.6. The SMILES string of the molecule is C#CCCCC(=O)CC1CCN(c2c(O)ccc3c4c([nH]c23)SC[C@@H]2NC(=O)CNC(=O)[C@H]([C@@H](C)CC)NC(=O)CNC(=O)[C@H](CC(=O)[C@H]([C@@H](C)[C@@H](O)CO)NC(=O)[C@@H]3C[C@@H](O)CN3C(=O)[C@H](CC(N)=O)CC2=O)C4)CC1. The van der Waals surface area contributed by atoms with Crippen LogP contribution in [0, 0.1) is 41.9 Å². The highest BCUT2D eigenvalue weighted by Crippen LogP contribution is 2.43. The summed E-state index contributed by atoms with van der Waals surface area (Å²) in [6, 6.07) is -2.68. The van der Waals surface area contributed by atoms with E-state index < -0.39 is 158 Å². The molecule has 2 bridgehead atoms. The number of unbranched alkanes of at least 4 members (excludes halogenated alkanes) is 1. The zero-order valence-corrected chi connectivity index (χ0v) is 44.6. The van der Waals surface area contributed by atoms with Crippen LogP contribution < -0.4 is 37.2 Å². The van der Waals surface area contributed by atoms with E-state index in [-0.39, 0.29) is 36.0 Å². The summed E-state index contributed by atoms with van der Waals surface area (Å²) in [5.41, 5.74) is 6.83. The molecule has 2 saturated heterocycles. The van der Waals surface area contributed by atoms with Crippen molar-refractivity contribution >= 4 is 87.1 Å². The van der Waals surface area contributed by atoms with Crippen LogP contribution in [0.5, 0.6) is 5.75 Å².